The normalized spacial score (nSPS) is 16.2. The minimum atomic E-state index is -3.74. The Hall–Kier alpha value is -1.93. The molecule has 0 atom stereocenters. The number of carbonyl (C=O) groups excluding carboxylic acids is 1. The van der Waals surface area contributed by atoms with E-state index >= 15 is 0 Å². The van der Waals surface area contributed by atoms with Crippen LogP contribution in [0.25, 0.3) is 0 Å². The molecule has 27 heavy (non-hydrogen) atoms. The first kappa shape index (κ1) is 19.8. The molecule has 2 aromatic rings. The Bertz CT molecular complexity index is 911. The number of hydrogen-bond acceptors (Lipinski definition) is 4. The first-order valence-corrected chi connectivity index (χ1v) is 10.5. The molecule has 1 amide bonds. The van der Waals surface area contributed by atoms with E-state index in [-0.39, 0.29) is 21.4 Å². The standard InChI is InChI=1S/C19H22ClN3O3S/c1-22-9-11-23(12-10-22)27(25,26)18-13-16(7-8-17(18)20)19(24)21-14-15-5-3-2-4-6-15/h2-8,13H,9-12,14H2,1H3,(H,21,24). The fourth-order valence-corrected chi connectivity index (χ4v) is 4.81. The second kappa shape index (κ2) is 8.39. The van der Waals surface area contributed by atoms with Gasteiger partial charge in [0, 0.05) is 38.3 Å². The van der Waals surface area contributed by atoms with Crippen LogP contribution in [-0.4, -0.2) is 56.8 Å². The van der Waals surface area contributed by atoms with Gasteiger partial charge in [0.05, 0.1) is 5.02 Å². The van der Waals surface area contributed by atoms with Crippen LogP contribution in [0.5, 0.6) is 0 Å². The molecular weight excluding hydrogens is 386 g/mol. The molecule has 0 aromatic heterocycles. The zero-order chi connectivity index (χ0) is 19.4. The minimum Gasteiger partial charge on any atom is -0.348 e. The van der Waals surface area contributed by atoms with E-state index in [4.69, 9.17) is 11.6 Å². The number of amides is 1. The lowest BCUT2D eigenvalue weighted by atomic mass is 10.2. The fourth-order valence-electron chi connectivity index (χ4n) is 2.89. The molecule has 8 heteroatoms. The molecule has 1 aliphatic heterocycles. The summed E-state index contributed by atoms with van der Waals surface area (Å²) in [6.45, 7) is 2.49. The van der Waals surface area contributed by atoms with Gasteiger partial charge in [-0.2, -0.15) is 4.31 Å². The van der Waals surface area contributed by atoms with Crippen LogP contribution in [0.4, 0.5) is 0 Å². The van der Waals surface area contributed by atoms with Gasteiger partial charge in [-0.1, -0.05) is 41.9 Å². The van der Waals surface area contributed by atoms with E-state index in [9.17, 15) is 13.2 Å². The Morgan fingerprint density at radius 3 is 2.41 bits per heavy atom. The zero-order valence-corrected chi connectivity index (χ0v) is 16.6. The summed E-state index contributed by atoms with van der Waals surface area (Å²) in [5.74, 6) is -0.342. The van der Waals surface area contributed by atoms with Crippen molar-refractivity contribution in [1.82, 2.24) is 14.5 Å². The lowest BCUT2D eigenvalue weighted by Gasteiger charge is -2.31. The van der Waals surface area contributed by atoms with E-state index in [0.29, 0.717) is 32.7 Å². The second-order valence-corrected chi connectivity index (χ2v) is 8.83. The Balaban J connectivity index is 1.78. The van der Waals surface area contributed by atoms with E-state index in [1.807, 2.05) is 37.4 Å². The maximum atomic E-state index is 13.0. The molecule has 2 aromatic carbocycles. The van der Waals surface area contributed by atoms with Gasteiger partial charge in [0.1, 0.15) is 4.90 Å². The van der Waals surface area contributed by atoms with E-state index in [1.165, 1.54) is 22.5 Å². The summed E-state index contributed by atoms with van der Waals surface area (Å²) in [5, 5.41) is 2.92. The van der Waals surface area contributed by atoms with Crippen LogP contribution < -0.4 is 5.32 Å². The molecule has 0 spiro atoms. The van der Waals surface area contributed by atoms with Crippen LogP contribution in [0.15, 0.2) is 53.4 Å². The van der Waals surface area contributed by atoms with Crippen molar-refractivity contribution in [2.45, 2.75) is 11.4 Å². The summed E-state index contributed by atoms with van der Waals surface area (Å²) in [5.41, 5.74) is 1.23. The van der Waals surface area contributed by atoms with Crippen molar-refractivity contribution in [2.24, 2.45) is 0 Å². The van der Waals surface area contributed by atoms with Crippen molar-refractivity contribution < 1.29 is 13.2 Å². The van der Waals surface area contributed by atoms with Gasteiger partial charge >= 0.3 is 0 Å². The third-order valence-corrected chi connectivity index (χ3v) is 6.95. The molecule has 1 saturated heterocycles. The highest BCUT2D eigenvalue weighted by molar-refractivity contribution is 7.89. The molecule has 1 fully saturated rings. The number of nitrogens with one attached hydrogen (secondary N) is 1. The summed E-state index contributed by atoms with van der Waals surface area (Å²) >= 11 is 6.16. The molecular formula is C19H22ClN3O3S. The van der Waals surface area contributed by atoms with Gasteiger partial charge < -0.3 is 10.2 Å². The van der Waals surface area contributed by atoms with Crippen LogP contribution >= 0.6 is 11.6 Å². The molecule has 3 rings (SSSR count). The molecule has 1 N–H and O–H groups in total. The smallest absolute Gasteiger partial charge is 0.251 e. The summed E-state index contributed by atoms with van der Waals surface area (Å²) in [7, 11) is -1.79. The van der Waals surface area contributed by atoms with Gasteiger partial charge in [-0.3, -0.25) is 4.79 Å². The van der Waals surface area contributed by atoms with Gasteiger partial charge in [0.15, 0.2) is 0 Å². The summed E-state index contributed by atoms with van der Waals surface area (Å²) in [6.07, 6.45) is 0. The van der Waals surface area contributed by atoms with Crippen molar-refractivity contribution in [3.63, 3.8) is 0 Å². The zero-order valence-electron chi connectivity index (χ0n) is 15.1. The van der Waals surface area contributed by atoms with Crippen LogP contribution in [0.1, 0.15) is 15.9 Å². The van der Waals surface area contributed by atoms with Crippen LogP contribution in [-0.2, 0) is 16.6 Å². The SMILES string of the molecule is CN1CCN(S(=O)(=O)c2cc(C(=O)NCc3ccccc3)ccc2Cl)CC1. The van der Waals surface area contributed by atoms with Gasteiger partial charge in [-0.25, -0.2) is 8.42 Å². The number of nitrogens with zero attached hydrogens (tertiary/aromatic N) is 2. The third kappa shape index (κ3) is 4.68. The molecule has 0 radical (unpaired) electrons. The number of benzene rings is 2. The Labute approximate surface area is 164 Å². The number of piperazine rings is 1. The average molecular weight is 408 g/mol. The van der Waals surface area contributed by atoms with E-state index < -0.39 is 10.0 Å². The predicted octanol–water partition coefficient (Wildman–Crippen LogP) is 2.21. The quantitative estimate of drug-likeness (QED) is 0.825. The number of rotatable bonds is 5. The Morgan fingerprint density at radius 1 is 1.07 bits per heavy atom. The van der Waals surface area contributed by atoms with Gasteiger partial charge in [0.25, 0.3) is 5.91 Å². The van der Waals surface area contributed by atoms with E-state index in [2.05, 4.69) is 10.2 Å². The highest BCUT2D eigenvalue weighted by Gasteiger charge is 2.29. The van der Waals surface area contributed by atoms with Crippen LogP contribution in [0.3, 0.4) is 0 Å². The number of carbonyl (C=O) groups is 1. The number of sulfonamides is 1. The molecule has 6 nitrogen and oxygen atoms in total. The fraction of sp³-hybridized carbons (Fsp3) is 0.316. The Morgan fingerprint density at radius 2 is 1.74 bits per heavy atom. The average Bonchev–Trinajstić information content (AvgIpc) is 2.67. The third-order valence-electron chi connectivity index (χ3n) is 4.57. The predicted molar refractivity (Wildman–Crippen MR) is 105 cm³/mol. The van der Waals surface area contributed by atoms with Crippen LogP contribution in [0, 0.1) is 0 Å². The lowest BCUT2D eigenvalue weighted by Crippen LogP contribution is -2.47. The molecule has 0 aliphatic carbocycles. The highest BCUT2D eigenvalue weighted by Crippen LogP contribution is 2.26. The first-order chi connectivity index (χ1) is 12.9. The molecule has 1 heterocycles. The van der Waals surface area contributed by atoms with Gasteiger partial charge in [-0.05, 0) is 30.8 Å². The molecule has 1 aliphatic rings. The van der Waals surface area contributed by atoms with Crippen molar-refractivity contribution in [3.8, 4) is 0 Å². The van der Waals surface area contributed by atoms with Gasteiger partial charge in [-0.15, -0.1) is 0 Å². The number of halogens is 1. The number of likely N-dealkylation sites (N-methyl/N-ethyl adjacent to an activating group) is 1. The van der Waals surface area contributed by atoms with Gasteiger partial charge in [0.2, 0.25) is 10.0 Å². The Kier molecular flexibility index (Phi) is 6.16. The largest absolute Gasteiger partial charge is 0.348 e. The summed E-state index contributed by atoms with van der Waals surface area (Å²) in [6, 6.07) is 13.9. The minimum absolute atomic E-state index is 0.0268. The second-order valence-electron chi connectivity index (χ2n) is 6.52. The number of hydrogen-bond donors (Lipinski definition) is 1. The lowest BCUT2D eigenvalue weighted by molar-refractivity contribution is 0.0950. The summed E-state index contributed by atoms with van der Waals surface area (Å²) < 4.78 is 27.3. The molecule has 0 bridgehead atoms. The van der Waals surface area contributed by atoms with Crippen molar-refractivity contribution in [2.75, 3.05) is 33.2 Å². The van der Waals surface area contributed by atoms with Crippen LogP contribution in [0.2, 0.25) is 5.02 Å². The maximum Gasteiger partial charge on any atom is 0.251 e. The highest BCUT2D eigenvalue weighted by atomic mass is 35.5. The van der Waals surface area contributed by atoms with E-state index in [0.717, 1.165) is 5.56 Å². The molecule has 0 saturated carbocycles. The first-order valence-electron chi connectivity index (χ1n) is 8.68. The monoisotopic (exact) mass is 407 g/mol. The van der Waals surface area contributed by atoms with Crippen molar-refractivity contribution >= 4 is 27.5 Å². The van der Waals surface area contributed by atoms with E-state index in [1.54, 1.807) is 0 Å². The van der Waals surface area contributed by atoms with Crippen molar-refractivity contribution in [1.29, 1.82) is 0 Å². The topological polar surface area (TPSA) is 69.7 Å². The molecule has 144 valence electrons. The molecule has 0 unspecified atom stereocenters. The van der Waals surface area contributed by atoms with Crippen molar-refractivity contribution in [3.05, 3.63) is 64.7 Å². The summed E-state index contributed by atoms with van der Waals surface area (Å²) in [4.78, 5) is 14.5. The maximum absolute atomic E-state index is 13.0.